The molecule has 2 aliphatic heterocycles. The molecule has 4 amide bonds. The van der Waals surface area contributed by atoms with E-state index in [9.17, 15) is 19.2 Å². The lowest BCUT2D eigenvalue weighted by Gasteiger charge is -2.36. The molecule has 2 fully saturated rings. The molecule has 3 heterocycles. The van der Waals surface area contributed by atoms with Crippen molar-refractivity contribution in [2.45, 2.75) is 63.1 Å². The second kappa shape index (κ2) is 12.0. The van der Waals surface area contributed by atoms with Crippen LogP contribution in [-0.2, 0) is 15.0 Å². The number of carbonyl (C=O) groups excluding carboxylic acids is 4. The Balaban J connectivity index is 0.921. The number of fused-ring (bicyclic) bond motifs is 1. The van der Waals surface area contributed by atoms with Crippen molar-refractivity contribution in [3.8, 4) is 17.2 Å². The van der Waals surface area contributed by atoms with Crippen molar-refractivity contribution in [2.75, 3.05) is 5.32 Å². The molecular formula is C37H34N4O6. The van der Waals surface area contributed by atoms with Gasteiger partial charge in [-0.1, -0.05) is 38.1 Å². The van der Waals surface area contributed by atoms with E-state index in [1.54, 1.807) is 30.6 Å². The fourth-order valence-corrected chi connectivity index (χ4v) is 6.37. The summed E-state index contributed by atoms with van der Waals surface area (Å²) in [4.78, 5) is 55.0. The summed E-state index contributed by atoms with van der Waals surface area (Å²) in [7, 11) is 0. The van der Waals surface area contributed by atoms with Crippen LogP contribution >= 0.6 is 0 Å². The van der Waals surface area contributed by atoms with Crippen LogP contribution in [0.1, 0.15) is 71.4 Å². The van der Waals surface area contributed by atoms with Gasteiger partial charge in [0.2, 0.25) is 11.8 Å². The highest BCUT2D eigenvalue weighted by molar-refractivity contribution is 6.23. The van der Waals surface area contributed by atoms with Crippen molar-refractivity contribution in [3.05, 3.63) is 114 Å². The van der Waals surface area contributed by atoms with Crippen molar-refractivity contribution in [2.24, 2.45) is 0 Å². The molecule has 3 aliphatic rings. The monoisotopic (exact) mass is 630 g/mol. The van der Waals surface area contributed by atoms with E-state index in [1.165, 1.54) is 11.1 Å². The lowest BCUT2D eigenvalue weighted by atomic mass is 9.78. The van der Waals surface area contributed by atoms with E-state index in [2.05, 4.69) is 53.7 Å². The molecule has 4 aromatic rings. The van der Waals surface area contributed by atoms with E-state index in [0.29, 0.717) is 5.75 Å². The molecule has 2 N–H and O–H groups in total. The first kappa shape index (κ1) is 30.2. The van der Waals surface area contributed by atoms with E-state index >= 15 is 0 Å². The number of hydrogen-bond donors (Lipinski definition) is 2. The van der Waals surface area contributed by atoms with Crippen LogP contribution < -0.4 is 20.1 Å². The average Bonchev–Trinajstić information content (AvgIpc) is 3.29. The minimum atomic E-state index is -0.980. The fourth-order valence-electron chi connectivity index (χ4n) is 6.37. The highest BCUT2D eigenvalue weighted by Gasteiger charge is 2.44. The van der Waals surface area contributed by atoms with Gasteiger partial charge in [0.05, 0.1) is 17.3 Å². The first-order valence-electron chi connectivity index (χ1n) is 15.7. The Kier molecular flexibility index (Phi) is 7.71. The minimum Gasteiger partial charge on any atom is -0.490 e. The number of hydrogen-bond acceptors (Lipinski definition) is 8. The second-order valence-corrected chi connectivity index (χ2v) is 12.7. The summed E-state index contributed by atoms with van der Waals surface area (Å²) in [6, 6.07) is 24.3. The van der Waals surface area contributed by atoms with E-state index < -0.39 is 29.7 Å². The first-order valence-corrected chi connectivity index (χ1v) is 15.7. The van der Waals surface area contributed by atoms with Crippen LogP contribution in [0.4, 0.5) is 5.69 Å². The number of nitrogens with zero attached hydrogens (tertiary/aromatic N) is 2. The van der Waals surface area contributed by atoms with E-state index in [1.807, 2.05) is 36.4 Å². The third-order valence-corrected chi connectivity index (χ3v) is 9.23. The van der Waals surface area contributed by atoms with Crippen molar-refractivity contribution >= 4 is 29.3 Å². The SMILES string of the molecule is CC(C)(c1ccc(Oc2cccnc2)cc1)c1ccc(O[C@H]2C[C@H](Nc3ccc4c(c3)C(=O)N(C3CCC(=O)NC3=O)C4=O)C2)cc1. The number of benzene rings is 3. The summed E-state index contributed by atoms with van der Waals surface area (Å²) in [5.41, 5.74) is 3.35. The van der Waals surface area contributed by atoms with Crippen LogP contribution in [-0.4, -0.2) is 51.7 Å². The van der Waals surface area contributed by atoms with Crippen molar-refractivity contribution in [1.82, 2.24) is 15.2 Å². The lowest BCUT2D eigenvalue weighted by molar-refractivity contribution is -0.136. The third-order valence-electron chi connectivity index (χ3n) is 9.23. The van der Waals surface area contributed by atoms with E-state index in [-0.39, 0.29) is 41.5 Å². The quantitative estimate of drug-likeness (QED) is 0.228. The summed E-state index contributed by atoms with van der Waals surface area (Å²) in [6.45, 7) is 4.38. The molecule has 1 saturated heterocycles. The molecule has 10 heteroatoms. The Labute approximate surface area is 272 Å². The van der Waals surface area contributed by atoms with Crippen LogP contribution in [0, 0.1) is 0 Å². The van der Waals surface area contributed by atoms with Gasteiger partial charge in [0.1, 0.15) is 29.4 Å². The molecule has 1 aliphatic carbocycles. The van der Waals surface area contributed by atoms with Gasteiger partial charge in [-0.2, -0.15) is 0 Å². The Morgan fingerprint density at radius 2 is 1.51 bits per heavy atom. The number of ether oxygens (including phenoxy) is 2. The Morgan fingerprint density at radius 1 is 0.830 bits per heavy atom. The van der Waals surface area contributed by atoms with Gasteiger partial charge in [-0.15, -0.1) is 0 Å². The van der Waals surface area contributed by atoms with E-state index in [4.69, 9.17) is 9.47 Å². The molecule has 47 heavy (non-hydrogen) atoms. The standard InChI is InChI=1S/C37H34N4O6/c1-37(2,22-5-10-26(11-6-22)46-28-4-3-17-38-21-28)23-7-12-27(13-8-23)47-29-18-25(19-29)39-24-9-14-30-31(20-24)36(45)41(35(30)44)32-15-16-33(42)40-34(32)43/h3-14,17,20-21,25,29,32,39H,15-16,18-19H2,1-2H3,(H,40,42,43)/t25-,29-,32?. The number of rotatable bonds is 9. The maximum Gasteiger partial charge on any atom is 0.262 e. The zero-order valence-corrected chi connectivity index (χ0v) is 26.1. The van der Waals surface area contributed by atoms with Gasteiger partial charge in [0.25, 0.3) is 11.8 Å². The predicted octanol–water partition coefficient (Wildman–Crippen LogP) is 5.62. The summed E-state index contributed by atoms with van der Waals surface area (Å²) in [6.07, 6.45) is 5.24. The van der Waals surface area contributed by atoms with Crippen LogP contribution in [0.25, 0.3) is 0 Å². The predicted molar refractivity (Wildman–Crippen MR) is 173 cm³/mol. The molecule has 1 unspecified atom stereocenters. The van der Waals surface area contributed by atoms with Crippen molar-refractivity contribution in [3.63, 3.8) is 0 Å². The van der Waals surface area contributed by atoms with E-state index in [0.717, 1.165) is 34.9 Å². The van der Waals surface area contributed by atoms with Gasteiger partial charge in [-0.3, -0.25) is 34.4 Å². The number of imide groups is 2. The number of piperidine rings is 1. The van der Waals surface area contributed by atoms with Gasteiger partial charge in [0.15, 0.2) is 0 Å². The molecule has 0 bridgehead atoms. The van der Waals surface area contributed by atoms with Gasteiger partial charge < -0.3 is 14.8 Å². The number of carbonyl (C=O) groups is 4. The second-order valence-electron chi connectivity index (χ2n) is 12.7. The van der Waals surface area contributed by atoms with Gasteiger partial charge in [-0.25, -0.2) is 0 Å². The summed E-state index contributed by atoms with van der Waals surface area (Å²) < 4.78 is 12.1. The van der Waals surface area contributed by atoms with Crippen LogP contribution in [0.15, 0.2) is 91.3 Å². The molecule has 3 aromatic carbocycles. The molecular weight excluding hydrogens is 596 g/mol. The lowest BCUT2D eigenvalue weighted by Crippen LogP contribution is -2.54. The average molecular weight is 631 g/mol. The smallest absolute Gasteiger partial charge is 0.262 e. The van der Waals surface area contributed by atoms with Gasteiger partial charge >= 0.3 is 0 Å². The number of amides is 4. The zero-order chi connectivity index (χ0) is 32.7. The van der Waals surface area contributed by atoms with Crippen LogP contribution in [0.3, 0.4) is 0 Å². The number of aromatic nitrogens is 1. The number of nitrogens with one attached hydrogen (secondary N) is 2. The molecule has 0 radical (unpaired) electrons. The maximum atomic E-state index is 13.1. The zero-order valence-electron chi connectivity index (χ0n) is 26.1. The highest BCUT2D eigenvalue weighted by Crippen LogP contribution is 2.36. The largest absolute Gasteiger partial charge is 0.490 e. The van der Waals surface area contributed by atoms with Crippen molar-refractivity contribution < 1.29 is 28.7 Å². The van der Waals surface area contributed by atoms with Gasteiger partial charge in [-0.05, 0) is 72.1 Å². The molecule has 1 aromatic heterocycles. The minimum absolute atomic E-state index is 0.0550. The first-order chi connectivity index (χ1) is 22.7. The fraction of sp³-hybridized carbons (Fsp3) is 0.270. The van der Waals surface area contributed by atoms with Crippen molar-refractivity contribution in [1.29, 1.82) is 0 Å². The van der Waals surface area contributed by atoms with Gasteiger partial charge in [0, 0.05) is 42.6 Å². The normalized spacial score (nSPS) is 20.7. The molecule has 0 spiro atoms. The highest BCUT2D eigenvalue weighted by atomic mass is 16.5. The Bertz CT molecular complexity index is 1850. The summed E-state index contributed by atoms with van der Waals surface area (Å²) in [5.74, 6) is 0.212. The summed E-state index contributed by atoms with van der Waals surface area (Å²) in [5, 5.41) is 5.65. The Morgan fingerprint density at radius 3 is 2.17 bits per heavy atom. The molecule has 1 saturated carbocycles. The van der Waals surface area contributed by atoms with Crippen LogP contribution in [0.5, 0.6) is 17.2 Å². The molecule has 10 nitrogen and oxygen atoms in total. The summed E-state index contributed by atoms with van der Waals surface area (Å²) >= 11 is 0. The maximum absolute atomic E-state index is 13.1. The number of pyridine rings is 1. The number of anilines is 1. The Hall–Kier alpha value is -5.51. The topological polar surface area (TPSA) is 127 Å². The van der Waals surface area contributed by atoms with Crippen LogP contribution in [0.2, 0.25) is 0 Å². The molecule has 7 rings (SSSR count). The molecule has 1 atom stereocenters. The molecule has 238 valence electrons. The third kappa shape index (κ3) is 5.94.